The van der Waals surface area contributed by atoms with E-state index in [-0.39, 0.29) is 17.3 Å². The van der Waals surface area contributed by atoms with Gasteiger partial charge in [-0.3, -0.25) is 0 Å². The van der Waals surface area contributed by atoms with Crippen LogP contribution < -0.4 is 4.74 Å². The molecule has 1 unspecified atom stereocenters. The molecule has 1 heterocycles. The van der Waals surface area contributed by atoms with Crippen LogP contribution in [0.15, 0.2) is 22.7 Å². The van der Waals surface area contributed by atoms with Crippen molar-refractivity contribution in [2.45, 2.75) is 64.4 Å². The van der Waals surface area contributed by atoms with E-state index in [9.17, 15) is 5.11 Å². The van der Waals surface area contributed by atoms with Crippen molar-refractivity contribution >= 4 is 15.9 Å². The summed E-state index contributed by atoms with van der Waals surface area (Å²) in [6.45, 7) is 10.00. The molecule has 1 fully saturated rings. The van der Waals surface area contributed by atoms with E-state index >= 15 is 0 Å². The molecule has 0 bridgehead atoms. The Morgan fingerprint density at radius 2 is 2.00 bits per heavy atom. The molecule has 112 valence electrons. The quantitative estimate of drug-likeness (QED) is 0.893. The highest BCUT2D eigenvalue weighted by Crippen LogP contribution is 2.41. The van der Waals surface area contributed by atoms with Gasteiger partial charge in [0, 0.05) is 16.5 Å². The molecule has 20 heavy (non-hydrogen) atoms. The van der Waals surface area contributed by atoms with Gasteiger partial charge in [-0.1, -0.05) is 22.0 Å². The van der Waals surface area contributed by atoms with Gasteiger partial charge in [0.25, 0.3) is 0 Å². The second kappa shape index (κ2) is 5.32. The highest BCUT2D eigenvalue weighted by atomic mass is 79.9. The van der Waals surface area contributed by atoms with Crippen molar-refractivity contribution in [2.75, 3.05) is 0 Å². The van der Waals surface area contributed by atoms with Gasteiger partial charge in [-0.2, -0.15) is 0 Å². The van der Waals surface area contributed by atoms with Crippen LogP contribution in [0.3, 0.4) is 0 Å². The van der Waals surface area contributed by atoms with Gasteiger partial charge in [0.05, 0.1) is 11.7 Å². The number of benzene rings is 1. The summed E-state index contributed by atoms with van der Waals surface area (Å²) < 4.78 is 13.2. The summed E-state index contributed by atoms with van der Waals surface area (Å²) in [7, 11) is 0. The lowest BCUT2D eigenvalue weighted by Gasteiger charge is -2.28. The Hall–Kier alpha value is -0.580. The number of hydrogen-bond donors (Lipinski definition) is 1. The lowest BCUT2D eigenvalue weighted by atomic mass is 9.97. The van der Waals surface area contributed by atoms with Gasteiger partial charge in [0.2, 0.25) is 0 Å². The van der Waals surface area contributed by atoms with Crippen LogP contribution in [0.4, 0.5) is 0 Å². The van der Waals surface area contributed by atoms with Crippen LogP contribution in [0.25, 0.3) is 0 Å². The van der Waals surface area contributed by atoms with E-state index in [0.717, 1.165) is 16.5 Å². The molecule has 1 aliphatic heterocycles. The van der Waals surface area contributed by atoms with Crippen molar-refractivity contribution in [1.82, 2.24) is 0 Å². The van der Waals surface area contributed by atoms with Crippen molar-refractivity contribution in [3.8, 4) is 5.75 Å². The standard InChI is InChI=1S/C16H23BrO3/c1-10(18)12-7-6-11(17)8-13(12)19-14-9-15(2,3)20-16(14,4)5/h6-8,10,14,18H,9H2,1-5H3/t10-,14?/m0/s1. The third-order valence-corrected chi connectivity index (χ3v) is 4.18. The molecule has 0 spiro atoms. The van der Waals surface area contributed by atoms with Crippen LogP contribution in [0.1, 0.15) is 52.7 Å². The fraction of sp³-hybridized carbons (Fsp3) is 0.625. The number of halogens is 1. The Balaban J connectivity index is 2.28. The van der Waals surface area contributed by atoms with Crippen LogP contribution >= 0.6 is 15.9 Å². The van der Waals surface area contributed by atoms with Gasteiger partial charge in [-0.05, 0) is 46.8 Å². The van der Waals surface area contributed by atoms with Crippen molar-refractivity contribution in [1.29, 1.82) is 0 Å². The summed E-state index contributed by atoms with van der Waals surface area (Å²) in [6.07, 6.45) is 0.229. The average Bonchev–Trinajstić information content (AvgIpc) is 2.46. The molecule has 1 N–H and O–H groups in total. The maximum atomic E-state index is 9.88. The second-order valence-electron chi connectivity index (χ2n) is 6.63. The highest BCUT2D eigenvalue weighted by molar-refractivity contribution is 9.10. The van der Waals surface area contributed by atoms with E-state index in [4.69, 9.17) is 9.47 Å². The minimum atomic E-state index is -0.559. The Labute approximate surface area is 129 Å². The zero-order chi connectivity index (χ0) is 15.1. The lowest BCUT2D eigenvalue weighted by molar-refractivity contribution is -0.0848. The summed E-state index contributed by atoms with van der Waals surface area (Å²) >= 11 is 3.45. The third kappa shape index (κ3) is 3.35. The van der Waals surface area contributed by atoms with Gasteiger partial charge in [0.1, 0.15) is 17.5 Å². The number of rotatable bonds is 3. The zero-order valence-electron chi connectivity index (χ0n) is 12.7. The largest absolute Gasteiger partial charge is 0.487 e. The maximum absolute atomic E-state index is 9.88. The van der Waals surface area contributed by atoms with Crippen LogP contribution in [-0.2, 0) is 4.74 Å². The minimum Gasteiger partial charge on any atom is -0.487 e. The van der Waals surface area contributed by atoms with E-state index in [2.05, 4.69) is 29.8 Å². The van der Waals surface area contributed by atoms with Crippen molar-refractivity contribution < 1.29 is 14.6 Å². The van der Waals surface area contributed by atoms with Crippen LogP contribution in [0.5, 0.6) is 5.75 Å². The maximum Gasteiger partial charge on any atom is 0.130 e. The number of hydrogen-bond acceptors (Lipinski definition) is 3. The number of aliphatic hydroxyl groups excluding tert-OH is 1. The van der Waals surface area contributed by atoms with Crippen molar-refractivity contribution in [3.63, 3.8) is 0 Å². The summed E-state index contributed by atoms with van der Waals surface area (Å²) in [5.41, 5.74) is 0.265. The molecule has 1 aliphatic rings. The molecule has 2 rings (SSSR count). The van der Waals surface area contributed by atoms with E-state index in [1.54, 1.807) is 6.92 Å². The second-order valence-corrected chi connectivity index (χ2v) is 7.55. The Kier molecular flexibility index (Phi) is 4.20. The molecule has 3 nitrogen and oxygen atoms in total. The van der Waals surface area contributed by atoms with Crippen molar-refractivity contribution in [2.24, 2.45) is 0 Å². The van der Waals surface area contributed by atoms with Crippen LogP contribution in [0, 0.1) is 0 Å². The molecule has 1 aromatic carbocycles. The molecule has 0 aromatic heterocycles. The molecule has 0 aliphatic carbocycles. The molecule has 0 radical (unpaired) electrons. The predicted molar refractivity (Wildman–Crippen MR) is 83.1 cm³/mol. The Morgan fingerprint density at radius 1 is 1.35 bits per heavy atom. The lowest BCUT2D eigenvalue weighted by Crippen LogP contribution is -2.37. The Morgan fingerprint density at radius 3 is 2.50 bits per heavy atom. The van der Waals surface area contributed by atoms with Gasteiger partial charge >= 0.3 is 0 Å². The molecule has 4 heteroatoms. The van der Waals surface area contributed by atoms with E-state index in [0.29, 0.717) is 5.75 Å². The molecular weight excluding hydrogens is 320 g/mol. The average molecular weight is 343 g/mol. The Bertz CT molecular complexity index is 494. The summed E-state index contributed by atoms with van der Waals surface area (Å²) in [5.74, 6) is 0.716. The van der Waals surface area contributed by atoms with Gasteiger partial charge < -0.3 is 14.6 Å². The SMILES string of the molecule is C[C@H](O)c1ccc(Br)cc1OC1CC(C)(C)OC1(C)C. The molecule has 1 saturated heterocycles. The van der Waals surface area contributed by atoms with Gasteiger partial charge in [-0.25, -0.2) is 0 Å². The summed E-state index contributed by atoms with van der Waals surface area (Å²) in [6, 6.07) is 5.70. The molecule has 0 amide bonds. The van der Waals surface area contributed by atoms with Gasteiger partial charge in [0.15, 0.2) is 0 Å². The topological polar surface area (TPSA) is 38.7 Å². The molecule has 2 atom stereocenters. The first-order chi connectivity index (χ1) is 9.11. The predicted octanol–water partition coefficient (Wildman–Crippen LogP) is 4.23. The smallest absolute Gasteiger partial charge is 0.130 e. The van der Waals surface area contributed by atoms with Crippen molar-refractivity contribution in [3.05, 3.63) is 28.2 Å². The van der Waals surface area contributed by atoms with Gasteiger partial charge in [-0.15, -0.1) is 0 Å². The minimum absolute atomic E-state index is 0.0377. The molecule has 0 saturated carbocycles. The zero-order valence-corrected chi connectivity index (χ0v) is 14.3. The normalized spacial score (nSPS) is 25.4. The highest BCUT2D eigenvalue weighted by Gasteiger charge is 2.47. The monoisotopic (exact) mass is 342 g/mol. The number of ether oxygens (including phenoxy) is 2. The third-order valence-electron chi connectivity index (χ3n) is 3.69. The first-order valence-electron chi connectivity index (χ1n) is 6.95. The first-order valence-corrected chi connectivity index (χ1v) is 7.74. The molecular formula is C16H23BrO3. The van der Waals surface area contributed by atoms with E-state index < -0.39 is 6.10 Å². The molecule has 1 aromatic rings. The van der Waals surface area contributed by atoms with Crippen LogP contribution in [-0.4, -0.2) is 22.4 Å². The fourth-order valence-corrected chi connectivity index (χ4v) is 3.14. The summed E-state index contributed by atoms with van der Waals surface area (Å²) in [4.78, 5) is 0. The van der Waals surface area contributed by atoms with E-state index in [1.807, 2.05) is 32.0 Å². The van der Waals surface area contributed by atoms with E-state index in [1.165, 1.54) is 0 Å². The summed E-state index contributed by atoms with van der Waals surface area (Å²) in [5, 5.41) is 9.88. The van der Waals surface area contributed by atoms with Crippen LogP contribution in [0.2, 0.25) is 0 Å². The first kappa shape index (κ1) is 15.8. The number of aliphatic hydroxyl groups is 1. The fourth-order valence-electron chi connectivity index (χ4n) is 2.80.